The molecule has 0 bridgehead atoms. The Labute approximate surface area is 212 Å². The second-order valence-corrected chi connectivity index (χ2v) is 9.78. The Kier molecular flexibility index (Phi) is 7.68. The van der Waals surface area contributed by atoms with Crippen molar-refractivity contribution in [3.8, 4) is 0 Å². The summed E-state index contributed by atoms with van der Waals surface area (Å²) in [5, 5.41) is 3.89. The summed E-state index contributed by atoms with van der Waals surface area (Å²) >= 11 is 0. The molecule has 1 saturated heterocycles. The summed E-state index contributed by atoms with van der Waals surface area (Å²) in [6.45, 7) is 15.8. The lowest BCUT2D eigenvalue weighted by Gasteiger charge is -2.38. The molecule has 192 valence electrons. The maximum Gasteiger partial charge on any atom is 0.263 e. The van der Waals surface area contributed by atoms with Gasteiger partial charge in [-0.3, -0.25) is 19.1 Å². The predicted molar refractivity (Wildman–Crippen MR) is 145 cm³/mol. The normalized spacial score (nSPS) is 14.7. The molecule has 0 saturated carbocycles. The van der Waals surface area contributed by atoms with E-state index in [9.17, 15) is 9.59 Å². The number of pyridine rings is 2. The van der Waals surface area contributed by atoms with Gasteiger partial charge in [-0.1, -0.05) is 13.8 Å². The number of hydrogen-bond donors (Lipinski definition) is 1. The third-order valence-corrected chi connectivity index (χ3v) is 7.27. The summed E-state index contributed by atoms with van der Waals surface area (Å²) in [4.78, 5) is 44.3. The van der Waals surface area contributed by atoms with Gasteiger partial charge in [-0.05, 0) is 58.2 Å². The van der Waals surface area contributed by atoms with Crippen LogP contribution < -0.4 is 15.8 Å². The van der Waals surface area contributed by atoms with E-state index in [4.69, 9.17) is 4.98 Å². The van der Waals surface area contributed by atoms with Gasteiger partial charge in [0, 0.05) is 49.8 Å². The van der Waals surface area contributed by atoms with Gasteiger partial charge in [0.15, 0.2) is 5.78 Å². The molecule has 1 aliphatic heterocycles. The van der Waals surface area contributed by atoms with Gasteiger partial charge >= 0.3 is 0 Å². The molecule has 0 atom stereocenters. The van der Waals surface area contributed by atoms with Gasteiger partial charge in [-0.2, -0.15) is 4.98 Å². The zero-order valence-corrected chi connectivity index (χ0v) is 22.2. The summed E-state index contributed by atoms with van der Waals surface area (Å²) in [5.74, 6) is 0.756. The number of aromatic nitrogens is 4. The average Bonchev–Trinajstić information content (AvgIpc) is 2.87. The van der Waals surface area contributed by atoms with Crippen LogP contribution in [0.1, 0.15) is 69.4 Å². The smallest absolute Gasteiger partial charge is 0.263 e. The van der Waals surface area contributed by atoms with Crippen LogP contribution in [0.15, 0.2) is 29.3 Å². The van der Waals surface area contributed by atoms with Crippen molar-refractivity contribution in [3.05, 3.63) is 46.0 Å². The monoisotopic (exact) mass is 491 g/mol. The van der Waals surface area contributed by atoms with E-state index < -0.39 is 0 Å². The molecule has 3 aromatic heterocycles. The highest BCUT2D eigenvalue weighted by molar-refractivity contribution is 5.99. The van der Waals surface area contributed by atoms with Crippen molar-refractivity contribution in [2.24, 2.45) is 0 Å². The van der Waals surface area contributed by atoms with Crippen molar-refractivity contribution in [2.75, 3.05) is 36.4 Å². The fraction of sp³-hybridized carbons (Fsp3) is 0.519. The van der Waals surface area contributed by atoms with E-state index in [2.05, 4.69) is 45.0 Å². The van der Waals surface area contributed by atoms with Gasteiger partial charge in [-0.25, -0.2) is 9.97 Å². The second kappa shape index (κ2) is 10.7. The second-order valence-electron chi connectivity index (χ2n) is 9.78. The first-order valence-electron chi connectivity index (χ1n) is 12.9. The van der Waals surface area contributed by atoms with Crippen molar-refractivity contribution >= 4 is 34.3 Å². The van der Waals surface area contributed by atoms with Crippen molar-refractivity contribution in [1.82, 2.24) is 24.4 Å². The largest absolute Gasteiger partial charge is 0.368 e. The number of fused-ring (bicyclic) bond motifs is 1. The maximum atomic E-state index is 13.4. The Morgan fingerprint density at radius 1 is 1.06 bits per heavy atom. The van der Waals surface area contributed by atoms with Gasteiger partial charge in [0.05, 0.1) is 17.4 Å². The summed E-state index contributed by atoms with van der Waals surface area (Å²) in [6.07, 6.45) is 5.07. The molecule has 1 aliphatic rings. The zero-order valence-electron chi connectivity index (χ0n) is 22.2. The molecule has 0 spiro atoms. The number of nitrogens with one attached hydrogen (secondary N) is 1. The minimum Gasteiger partial charge on any atom is -0.368 e. The Bertz CT molecular complexity index is 1290. The van der Waals surface area contributed by atoms with Crippen LogP contribution in [0, 0.1) is 6.92 Å². The Balaban J connectivity index is 1.63. The highest BCUT2D eigenvalue weighted by Gasteiger charge is 2.23. The minimum absolute atomic E-state index is 0.0602. The van der Waals surface area contributed by atoms with Crippen LogP contribution in [0.25, 0.3) is 11.0 Å². The summed E-state index contributed by atoms with van der Waals surface area (Å²) in [7, 11) is 0. The lowest BCUT2D eigenvalue weighted by molar-refractivity contribution is 0.101. The van der Waals surface area contributed by atoms with Crippen LogP contribution >= 0.6 is 0 Å². The Morgan fingerprint density at radius 3 is 2.31 bits per heavy atom. The molecule has 9 heteroatoms. The lowest BCUT2D eigenvalue weighted by atomic mass is 10.0. The number of carbonyl (C=O) groups is 1. The van der Waals surface area contributed by atoms with Gasteiger partial charge in [0.1, 0.15) is 11.5 Å². The maximum absolute atomic E-state index is 13.4. The fourth-order valence-corrected chi connectivity index (χ4v) is 5.06. The number of Topliss-reactive ketones (excluding diaryl/α,β-unsaturated/α-hetero) is 1. The molecule has 0 amide bonds. The number of ketones is 1. The average molecular weight is 492 g/mol. The third-order valence-electron chi connectivity index (χ3n) is 7.27. The van der Waals surface area contributed by atoms with E-state index in [0.717, 1.165) is 44.7 Å². The molecule has 1 N–H and O–H groups in total. The Morgan fingerprint density at radius 2 is 1.75 bits per heavy atom. The first kappa shape index (κ1) is 25.8. The zero-order chi connectivity index (χ0) is 26.0. The molecule has 3 aromatic rings. The van der Waals surface area contributed by atoms with E-state index >= 15 is 0 Å². The summed E-state index contributed by atoms with van der Waals surface area (Å²) in [6, 6.07) is 4.49. The summed E-state index contributed by atoms with van der Waals surface area (Å²) < 4.78 is 1.67. The van der Waals surface area contributed by atoms with E-state index in [1.54, 1.807) is 17.7 Å². The number of anilines is 3. The van der Waals surface area contributed by atoms with Gasteiger partial charge < -0.3 is 10.2 Å². The van der Waals surface area contributed by atoms with E-state index in [0.29, 0.717) is 34.4 Å². The van der Waals surface area contributed by atoms with E-state index in [1.165, 1.54) is 6.92 Å². The molecule has 0 aromatic carbocycles. The van der Waals surface area contributed by atoms with Crippen LogP contribution in [-0.4, -0.2) is 62.4 Å². The van der Waals surface area contributed by atoms with Crippen molar-refractivity contribution in [2.45, 2.75) is 66.5 Å². The highest BCUT2D eigenvalue weighted by Crippen LogP contribution is 2.25. The summed E-state index contributed by atoms with van der Waals surface area (Å²) in [5.41, 5.74) is 2.18. The lowest BCUT2D eigenvalue weighted by Crippen LogP contribution is -2.48. The first-order valence-corrected chi connectivity index (χ1v) is 12.9. The van der Waals surface area contributed by atoms with E-state index in [1.807, 2.05) is 26.1 Å². The van der Waals surface area contributed by atoms with Gasteiger partial charge in [0.2, 0.25) is 5.95 Å². The number of nitrogens with zero attached hydrogens (tertiary/aromatic N) is 6. The third kappa shape index (κ3) is 4.97. The molecule has 1 fully saturated rings. The topological polar surface area (TPSA) is 96.2 Å². The fourth-order valence-electron chi connectivity index (χ4n) is 5.06. The number of aryl methyl sites for hydroxylation is 1. The number of hydrogen-bond acceptors (Lipinski definition) is 8. The standard InChI is InChI=1S/C27H37N7O2/c1-7-20(8-2)34-25-22(18(5)24(19(6)35)26(34)36)16-29-27(31-25)30-23-10-9-21(15-28-23)33-13-11-32(12-14-33)17(3)4/h9-10,15-17,20H,7-8,11-14H2,1-6H3,(H,28,29,30,31). The quantitative estimate of drug-likeness (QED) is 0.465. The van der Waals surface area contributed by atoms with Crippen LogP contribution in [0.4, 0.5) is 17.5 Å². The number of carbonyl (C=O) groups excluding carboxylic acids is 1. The predicted octanol–water partition coefficient (Wildman–Crippen LogP) is 4.33. The molecular weight excluding hydrogens is 454 g/mol. The molecule has 4 heterocycles. The number of rotatable bonds is 8. The molecule has 4 rings (SSSR count). The molecule has 0 unspecified atom stereocenters. The van der Waals surface area contributed by atoms with Crippen molar-refractivity contribution in [3.63, 3.8) is 0 Å². The van der Waals surface area contributed by atoms with Crippen LogP contribution in [0.2, 0.25) is 0 Å². The van der Waals surface area contributed by atoms with Crippen molar-refractivity contribution < 1.29 is 4.79 Å². The molecule has 9 nitrogen and oxygen atoms in total. The molecular formula is C27H37N7O2. The number of piperazine rings is 1. The first-order chi connectivity index (χ1) is 17.2. The van der Waals surface area contributed by atoms with Gasteiger partial charge in [0.25, 0.3) is 5.56 Å². The SMILES string of the molecule is CCC(CC)n1c(=O)c(C(C)=O)c(C)c2cnc(Nc3ccc(N4CCN(C(C)C)CC4)cn3)nc21. The molecule has 0 radical (unpaired) electrons. The molecule has 0 aliphatic carbocycles. The van der Waals surface area contributed by atoms with Gasteiger partial charge in [-0.15, -0.1) is 0 Å². The van der Waals surface area contributed by atoms with Crippen LogP contribution in [0.5, 0.6) is 0 Å². The Hall–Kier alpha value is -3.33. The molecule has 36 heavy (non-hydrogen) atoms. The van der Waals surface area contributed by atoms with E-state index in [-0.39, 0.29) is 22.9 Å². The van der Waals surface area contributed by atoms with Crippen LogP contribution in [0.3, 0.4) is 0 Å². The van der Waals surface area contributed by atoms with Crippen molar-refractivity contribution in [1.29, 1.82) is 0 Å². The highest BCUT2D eigenvalue weighted by atomic mass is 16.1. The minimum atomic E-state index is -0.286. The van der Waals surface area contributed by atoms with Crippen LogP contribution in [-0.2, 0) is 0 Å².